The third-order valence-electron chi connectivity index (χ3n) is 6.53. The van der Waals surface area contributed by atoms with Crippen LogP contribution in [0.5, 0.6) is 11.5 Å². The molecule has 0 spiro atoms. The van der Waals surface area contributed by atoms with Gasteiger partial charge in [0.15, 0.2) is 0 Å². The van der Waals surface area contributed by atoms with Gasteiger partial charge in [0.1, 0.15) is 17.3 Å². The number of rotatable bonds is 6. The molecule has 4 aromatic rings. The molecule has 0 aromatic heterocycles. The molecule has 0 saturated carbocycles. The Bertz CT molecular complexity index is 1530. The number of phenols is 1. The largest absolute Gasteiger partial charge is 0.508 e. The molecule has 0 aliphatic carbocycles. The number of nitrogens with zero attached hydrogens (tertiary/aromatic N) is 1. The van der Waals surface area contributed by atoms with Crippen LogP contribution in [0, 0.1) is 6.92 Å². The van der Waals surface area contributed by atoms with E-state index in [9.17, 15) is 19.8 Å². The summed E-state index contributed by atoms with van der Waals surface area (Å²) in [4.78, 5) is 28.1. The number of benzene rings is 4. The lowest BCUT2D eigenvalue weighted by molar-refractivity contribution is -0.132. The predicted molar refractivity (Wildman–Crippen MR) is 147 cm³/mol. The van der Waals surface area contributed by atoms with E-state index in [4.69, 9.17) is 4.74 Å². The number of para-hydroxylation sites is 1. The highest BCUT2D eigenvalue weighted by atomic mass is 16.5. The SMILES string of the molecule is COc1ccc(/C(O)=C2/C(=O)C(=O)N(c3ccc(Nc4ccccc4)cc3)C2c2ccc(O)cc2)cc1C. The van der Waals surface area contributed by atoms with Crippen LogP contribution in [0.2, 0.25) is 0 Å². The second kappa shape index (κ2) is 10.1. The molecule has 1 amide bonds. The molecule has 38 heavy (non-hydrogen) atoms. The Morgan fingerprint density at radius 2 is 1.53 bits per heavy atom. The summed E-state index contributed by atoms with van der Waals surface area (Å²) in [6.45, 7) is 1.83. The van der Waals surface area contributed by atoms with Crippen LogP contribution in [0.15, 0.2) is 103 Å². The van der Waals surface area contributed by atoms with Crippen molar-refractivity contribution < 1.29 is 24.5 Å². The Labute approximate surface area is 220 Å². The predicted octanol–water partition coefficient (Wildman–Crippen LogP) is 6.08. The summed E-state index contributed by atoms with van der Waals surface area (Å²) in [5, 5.41) is 24.5. The molecule has 0 bridgehead atoms. The number of ether oxygens (including phenoxy) is 1. The number of phenolic OH excluding ortho intramolecular Hbond substituents is 1. The second-order valence-electron chi connectivity index (χ2n) is 8.98. The minimum atomic E-state index is -0.897. The summed E-state index contributed by atoms with van der Waals surface area (Å²) in [6.07, 6.45) is 0. The van der Waals surface area contributed by atoms with E-state index in [0.717, 1.165) is 16.9 Å². The molecule has 1 unspecified atom stereocenters. The Kier molecular flexibility index (Phi) is 6.58. The summed E-state index contributed by atoms with van der Waals surface area (Å²) in [7, 11) is 1.55. The van der Waals surface area contributed by atoms with Gasteiger partial charge < -0.3 is 20.3 Å². The number of aryl methyl sites for hydroxylation is 1. The van der Waals surface area contributed by atoms with Gasteiger partial charge in [-0.15, -0.1) is 0 Å². The van der Waals surface area contributed by atoms with Crippen LogP contribution in [-0.4, -0.2) is 29.0 Å². The Morgan fingerprint density at radius 3 is 2.16 bits per heavy atom. The number of hydrogen-bond donors (Lipinski definition) is 3. The van der Waals surface area contributed by atoms with Gasteiger partial charge in [0.05, 0.1) is 18.7 Å². The van der Waals surface area contributed by atoms with E-state index >= 15 is 0 Å². The van der Waals surface area contributed by atoms with Crippen molar-refractivity contribution in [1.29, 1.82) is 0 Å². The average Bonchev–Trinajstić information content (AvgIpc) is 3.19. The van der Waals surface area contributed by atoms with Gasteiger partial charge >= 0.3 is 0 Å². The van der Waals surface area contributed by atoms with Crippen molar-refractivity contribution in [1.82, 2.24) is 0 Å². The summed E-state index contributed by atoms with van der Waals surface area (Å²) in [5.41, 5.74) is 3.93. The lowest BCUT2D eigenvalue weighted by atomic mass is 9.94. The van der Waals surface area contributed by atoms with Gasteiger partial charge in [-0.2, -0.15) is 0 Å². The van der Waals surface area contributed by atoms with E-state index in [-0.39, 0.29) is 17.1 Å². The first-order valence-electron chi connectivity index (χ1n) is 12.0. The van der Waals surface area contributed by atoms with Crippen molar-refractivity contribution in [2.24, 2.45) is 0 Å². The maximum Gasteiger partial charge on any atom is 0.300 e. The van der Waals surface area contributed by atoms with Gasteiger partial charge in [-0.05, 0) is 84.8 Å². The average molecular weight is 507 g/mol. The summed E-state index contributed by atoms with van der Waals surface area (Å²) >= 11 is 0. The molecule has 1 aliphatic rings. The van der Waals surface area contributed by atoms with Crippen molar-refractivity contribution in [3.8, 4) is 11.5 Å². The Morgan fingerprint density at radius 1 is 0.868 bits per heavy atom. The number of aliphatic hydroxyl groups is 1. The second-order valence-corrected chi connectivity index (χ2v) is 8.98. The zero-order valence-electron chi connectivity index (χ0n) is 20.9. The highest BCUT2D eigenvalue weighted by Crippen LogP contribution is 2.43. The van der Waals surface area contributed by atoms with Crippen molar-refractivity contribution in [3.63, 3.8) is 0 Å². The van der Waals surface area contributed by atoms with Crippen LogP contribution in [0.3, 0.4) is 0 Å². The van der Waals surface area contributed by atoms with Gasteiger partial charge in [0.25, 0.3) is 11.7 Å². The first-order valence-corrected chi connectivity index (χ1v) is 12.0. The minimum Gasteiger partial charge on any atom is -0.508 e. The fourth-order valence-electron chi connectivity index (χ4n) is 4.65. The maximum atomic E-state index is 13.4. The van der Waals surface area contributed by atoms with Crippen LogP contribution >= 0.6 is 0 Å². The summed E-state index contributed by atoms with van der Waals surface area (Å²) in [6, 6.07) is 27.2. The fourth-order valence-corrected chi connectivity index (χ4v) is 4.65. The molecule has 1 aliphatic heterocycles. The number of Topliss-reactive ketones (excluding diaryl/α,β-unsaturated/α-hetero) is 1. The quantitative estimate of drug-likeness (QED) is 0.167. The van der Waals surface area contributed by atoms with Crippen molar-refractivity contribution in [3.05, 3.63) is 119 Å². The molecule has 7 heteroatoms. The fraction of sp³-hybridized carbons (Fsp3) is 0.0968. The Hall–Kier alpha value is -5.04. The number of hydrogen-bond acceptors (Lipinski definition) is 6. The van der Waals surface area contributed by atoms with E-state index in [0.29, 0.717) is 22.6 Å². The van der Waals surface area contributed by atoms with Gasteiger partial charge in [0, 0.05) is 22.6 Å². The zero-order chi connectivity index (χ0) is 26.8. The number of anilines is 3. The number of carbonyl (C=O) groups is 2. The molecule has 1 atom stereocenters. The first-order chi connectivity index (χ1) is 18.4. The van der Waals surface area contributed by atoms with Gasteiger partial charge in [0.2, 0.25) is 0 Å². The molecular formula is C31H26N2O5. The molecular weight excluding hydrogens is 480 g/mol. The number of methoxy groups -OCH3 is 1. The van der Waals surface area contributed by atoms with Crippen LogP contribution in [0.4, 0.5) is 17.1 Å². The molecule has 7 nitrogen and oxygen atoms in total. The lowest BCUT2D eigenvalue weighted by Crippen LogP contribution is -2.29. The monoisotopic (exact) mass is 506 g/mol. The molecule has 4 aromatic carbocycles. The van der Waals surface area contributed by atoms with E-state index in [1.807, 2.05) is 49.4 Å². The van der Waals surface area contributed by atoms with Crippen LogP contribution in [-0.2, 0) is 9.59 Å². The van der Waals surface area contributed by atoms with Crippen molar-refractivity contribution >= 4 is 34.5 Å². The maximum absolute atomic E-state index is 13.4. The molecule has 190 valence electrons. The van der Waals surface area contributed by atoms with Crippen molar-refractivity contribution in [2.75, 3.05) is 17.3 Å². The van der Waals surface area contributed by atoms with E-state index < -0.39 is 17.7 Å². The third-order valence-corrected chi connectivity index (χ3v) is 6.53. The highest BCUT2D eigenvalue weighted by molar-refractivity contribution is 6.51. The third kappa shape index (κ3) is 4.57. The van der Waals surface area contributed by atoms with Crippen molar-refractivity contribution in [2.45, 2.75) is 13.0 Å². The summed E-state index contributed by atoms with van der Waals surface area (Å²) in [5.74, 6) is -1.13. The van der Waals surface area contributed by atoms with E-state index in [1.54, 1.807) is 49.6 Å². The zero-order valence-corrected chi connectivity index (χ0v) is 20.9. The molecule has 1 fully saturated rings. The van der Waals surface area contributed by atoms with Crippen LogP contribution < -0.4 is 15.0 Å². The number of nitrogens with one attached hydrogen (secondary N) is 1. The van der Waals surface area contributed by atoms with Crippen LogP contribution in [0.25, 0.3) is 5.76 Å². The van der Waals surface area contributed by atoms with E-state index in [2.05, 4.69) is 5.32 Å². The molecule has 1 saturated heterocycles. The molecule has 1 heterocycles. The molecule has 5 rings (SSSR count). The highest BCUT2D eigenvalue weighted by Gasteiger charge is 2.47. The topological polar surface area (TPSA) is 99.1 Å². The standard InChI is InChI=1S/C31H26N2O5/c1-19-18-21(10-17-26(19)38-2)29(35)27-28(20-8-15-25(34)16-9-20)33(31(37)30(27)36)24-13-11-23(12-14-24)32-22-6-4-3-5-7-22/h3-18,28,32,34-35H,1-2H3/b29-27-. The lowest BCUT2D eigenvalue weighted by Gasteiger charge is -2.25. The Balaban J connectivity index is 1.59. The minimum absolute atomic E-state index is 0.0308. The molecule has 0 radical (unpaired) electrons. The smallest absolute Gasteiger partial charge is 0.300 e. The van der Waals surface area contributed by atoms with E-state index in [1.165, 1.54) is 17.0 Å². The number of ketones is 1. The van der Waals surface area contributed by atoms with Gasteiger partial charge in [-0.25, -0.2) is 0 Å². The van der Waals surface area contributed by atoms with Gasteiger partial charge in [-0.3, -0.25) is 14.5 Å². The van der Waals surface area contributed by atoms with Crippen LogP contribution in [0.1, 0.15) is 22.7 Å². The normalized spacial score (nSPS) is 16.5. The number of aliphatic hydroxyl groups excluding tert-OH is 1. The first kappa shape index (κ1) is 24.6. The number of carbonyl (C=O) groups excluding carboxylic acids is 2. The number of aromatic hydroxyl groups is 1. The van der Waals surface area contributed by atoms with Gasteiger partial charge in [-0.1, -0.05) is 30.3 Å². The number of amides is 1. The summed E-state index contributed by atoms with van der Waals surface area (Å²) < 4.78 is 5.31. The molecule has 3 N–H and O–H groups in total.